The van der Waals surface area contributed by atoms with E-state index < -0.39 is 11.0 Å². The van der Waals surface area contributed by atoms with Crippen molar-refractivity contribution in [2.24, 2.45) is 0 Å². The molecule has 0 saturated carbocycles. The van der Waals surface area contributed by atoms with Crippen molar-refractivity contribution in [3.05, 3.63) is 75.3 Å². The monoisotopic (exact) mass is 311 g/mol. The van der Waals surface area contributed by atoms with Gasteiger partial charge in [-0.15, -0.1) is 0 Å². The van der Waals surface area contributed by atoms with Gasteiger partial charge in [-0.05, 0) is 30.2 Å². The second-order valence-electron chi connectivity index (χ2n) is 5.23. The van der Waals surface area contributed by atoms with Crippen LogP contribution in [0.25, 0.3) is 0 Å². The summed E-state index contributed by atoms with van der Waals surface area (Å²) in [5, 5.41) is 32.9. The number of nitriles is 1. The van der Waals surface area contributed by atoms with Crippen LogP contribution in [0.3, 0.4) is 0 Å². The van der Waals surface area contributed by atoms with Crippen LogP contribution in [0.1, 0.15) is 35.8 Å². The van der Waals surface area contributed by atoms with Gasteiger partial charge >= 0.3 is 0 Å². The van der Waals surface area contributed by atoms with E-state index in [-0.39, 0.29) is 18.3 Å². The van der Waals surface area contributed by atoms with Crippen molar-refractivity contribution in [1.29, 1.82) is 5.26 Å². The first-order chi connectivity index (χ1) is 11.0. The number of non-ortho nitro benzene ring substituents is 1. The van der Waals surface area contributed by atoms with Crippen LogP contribution in [0.15, 0.2) is 48.5 Å². The Labute approximate surface area is 134 Å². The highest BCUT2D eigenvalue weighted by atomic mass is 16.6. The number of nitrogens with one attached hydrogen (secondary N) is 1. The Bertz CT molecular complexity index is 723. The topological polar surface area (TPSA) is 99.2 Å². The molecule has 0 spiro atoms. The molecule has 0 heterocycles. The molecule has 0 aliphatic carbocycles. The molecular formula is C17H17N3O3. The van der Waals surface area contributed by atoms with E-state index in [1.165, 1.54) is 12.1 Å². The van der Waals surface area contributed by atoms with Gasteiger partial charge in [-0.2, -0.15) is 5.26 Å². The Morgan fingerprint density at radius 3 is 2.57 bits per heavy atom. The fraction of sp³-hybridized carbons (Fsp3) is 0.235. The van der Waals surface area contributed by atoms with Gasteiger partial charge in [0.1, 0.15) is 0 Å². The number of nitrogens with zero attached hydrogens (tertiary/aromatic N) is 2. The molecule has 0 amide bonds. The molecule has 0 aliphatic rings. The SMILES string of the molecule is CC(NCC(O)c1cccc([N+](=O)[O-])c1)c1ccc(C#N)cc1. The Balaban J connectivity index is 1.97. The lowest BCUT2D eigenvalue weighted by atomic mass is 10.0. The molecule has 0 radical (unpaired) electrons. The summed E-state index contributed by atoms with van der Waals surface area (Å²) in [6.07, 6.45) is -0.837. The molecule has 2 aromatic carbocycles. The van der Waals surface area contributed by atoms with E-state index in [9.17, 15) is 15.2 Å². The zero-order valence-electron chi connectivity index (χ0n) is 12.6. The molecule has 0 bridgehead atoms. The van der Waals surface area contributed by atoms with Gasteiger partial charge in [0.2, 0.25) is 0 Å². The maximum absolute atomic E-state index is 10.8. The van der Waals surface area contributed by atoms with Gasteiger partial charge < -0.3 is 10.4 Å². The number of nitro benzene ring substituents is 1. The fourth-order valence-electron chi connectivity index (χ4n) is 2.22. The summed E-state index contributed by atoms with van der Waals surface area (Å²) in [4.78, 5) is 10.3. The number of rotatable bonds is 6. The normalized spacial score (nSPS) is 13.1. The fourth-order valence-corrected chi connectivity index (χ4v) is 2.22. The molecule has 6 heteroatoms. The van der Waals surface area contributed by atoms with Crippen LogP contribution < -0.4 is 5.32 Å². The van der Waals surface area contributed by atoms with Gasteiger partial charge in [-0.1, -0.05) is 24.3 Å². The molecular weight excluding hydrogens is 294 g/mol. The Kier molecular flexibility index (Phi) is 5.41. The number of aliphatic hydroxyl groups excluding tert-OH is 1. The zero-order chi connectivity index (χ0) is 16.8. The lowest BCUT2D eigenvalue weighted by molar-refractivity contribution is -0.385. The third-order valence-corrected chi connectivity index (χ3v) is 3.62. The molecule has 118 valence electrons. The quantitative estimate of drug-likeness (QED) is 0.631. The van der Waals surface area contributed by atoms with E-state index in [0.717, 1.165) is 5.56 Å². The van der Waals surface area contributed by atoms with Gasteiger partial charge in [0.15, 0.2) is 0 Å². The molecule has 0 fully saturated rings. The van der Waals surface area contributed by atoms with Crippen LogP contribution in [-0.2, 0) is 0 Å². The third kappa shape index (κ3) is 4.36. The van der Waals surface area contributed by atoms with Crippen molar-refractivity contribution in [2.75, 3.05) is 6.54 Å². The summed E-state index contributed by atoms with van der Waals surface area (Å²) in [7, 11) is 0. The lowest BCUT2D eigenvalue weighted by Gasteiger charge is -2.17. The van der Waals surface area contributed by atoms with Crippen LogP contribution >= 0.6 is 0 Å². The summed E-state index contributed by atoms with van der Waals surface area (Å²) in [5.41, 5.74) is 2.05. The summed E-state index contributed by atoms with van der Waals surface area (Å²) in [6, 6.07) is 15.2. The molecule has 2 unspecified atom stereocenters. The van der Waals surface area contributed by atoms with Crippen molar-refractivity contribution >= 4 is 5.69 Å². The number of aliphatic hydroxyl groups is 1. The van der Waals surface area contributed by atoms with Crippen molar-refractivity contribution in [1.82, 2.24) is 5.32 Å². The highest BCUT2D eigenvalue weighted by molar-refractivity contribution is 5.35. The molecule has 2 rings (SSSR count). The van der Waals surface area contributed by atoms with E-state index in [1.54, 1.807) is 24.3 Å². The first-order valence-electron chi connectivity index (χ1n) is 7.17. The lowest BCUT2D eigenvalue weighted by Crippen LogP contribution is -2.24. The minimum atomic E-state index is -0.837. The second kappa shape index (κ2) is 7.49. The maximum atomic E-state index is 10.8. The molecule has 23 heavy (non-hydrogen) atoms. The average molecular weight is 311 g/mol. The van der Waals surface area contributed by atoms with Crippen LogP contribution in [0, 0.1) is 21.4 Å². The van der Waals surface area contributed by atoms with Crippen molar-refractivity contribution < 1.29 is 10.0 Å². The summed E-state index contributed by atoms with van der Waals surface area (Å²) < 4.78 is 0. The highest BCUT2D eigenvalue weighted by Crippen LogP contribution is 2.20. The first-order valence-corrected chi connectivity index (χ1v) is 7.17. The van der Waals surface area contributed by atoms with E-state index in [2.05, 4.69) is 11.4 Å². The maximum Gasteiger partial charge on any atom is 0.269 e. The van der Waals surface area contributed by atoms with E-state index in [0.29, 0.717) is 11.1 Å². The van der Waals surface area contributed by atoms with Crippen LogP contribution in [0.4, 0.5) is 5.69 Å². The van der Waals surface area contributed by atoms with E-state index in [1.807, 2.05) is 19.1 Å². The molecule has 0 saturated heterocycles. The number of hydrogen-bond donors (Lipinski definition) is 2. The van der Waals surface area contributed by atoms with Gasteiger partial charge in [-0.25, -0.2) is 0 Å². The Morgan fingerprint density at radius 1 is 1.26 bits per heavy atom. The van der Waals surface area contributed by atoms with Crippen LogP contribution in [0.5, 0.6) is 0 Å². The van der Waals surface area contributed by atoms with Gasteiger partial charge in [0.25, 0.3) is 5.69 Å². The zero-order valence-corrected chi connectivity index (χ0v) is 12.6. The summed E-state index contributed by atoms with van der Waals surface area (Å²) in [6.45, 7) is 2.21. The predicted octanol–water partition coefficient (Wildman–Crippen LogP) is 2.85. The number of benzene rings is 2. The van der Waals surface area contributed by atoms with Gasteiger partial charge in [-0.3, -0.25) is 10.1 Å². The number of hydrogen-bond acceptors (Lipinski definition) is 5. The Hall–Kier alpha value is -2.75. The number of nitro groups is 1. The van der Waals surface area contributed by atoms with Gasteiger partial charge in [0, 0.05) is 24.7 Å². The minimum Gasteiger partial charge on any atom is -0.387 e. The largest absolute Gasteiger partial charge is 0.387 e. The van der Waals surface area contributed by atoms with Gasteiger partial charge in [0.05, 0.1) is 22.7 Å². The van der Waals surface area contributed by atoms with Crippen molar-refractivity contribution in [3.63, 3.8) is 0 Å². The molecule has 2 N–H and O–H groups in total. The van der Waals surface area contributed by atoms with E-state index in [4.69, 9.17) is 5.26 Å². The molecule has 2 aromatic rings. The molecule has 6 nitrogen and oxygen atoms in total. The van der Waals surface area contributed by atoms with Crippen molar-refractivity contribution in [3.8, 4) is 6.07 Å². The first kappa shape index (κ1) is 16.6. The second-order valence-corrected chi connectivity index (χ2v) is 5.23. The van der Waals surface area contributed by atoms with Crippen molar-refractivity contribution in [2.45, 2.75) is 19.1 Å². The third-order valence-electron chi connectivity index (χ3n) is 3.62. The highest BCUT2D eigenvalue weighted by Gasteiger charge is 2.14. The average Bonchev–Trinajstić information content (AvgIpc) is 2.59. The van der Waals surface area contributed by atoms with Crippen LogP contribution in [0.2, 0.25) is 0 Å². The Morgan fingerprint density at radius 2 is 1.96 bits per heavy atom. The molecule has 2 atom stereocenters. The predicted molar refractivity (Wildman–Crippen MR) is 85.6 cm³/mol. The summed E-state index contributed by atoms with van der Waals surface area (Å²) >= 11 is 0. The molecule has 0 aliphatic heterocycles. The van der Waals surface area contributed by atoms with Crippen LogP contribution in [-0.4, -0.2) is 16.6 Å². The minimum absolute atomic E-state index is 0.0175. The van der Waals surface area contributed by atoms with E-state index >= 15 is 0 Å². The molecule has 0 aromatic heterocycles. The summed E-state index contributed by atoms with van der Waals surface area (Å²) in [5.74, 6) is 0. The smallest absolute Gasteiger partial charge is 0.269 e. The standard InChI is InChI=1S/C17H17N3O3/c1-12(14-7-5-13(10-18)6-8-14)19-11-17(21)15-3-2-4-16(9-15)20(22)23/h2-9,12,17,19,21H,11H2,1H3.